The Morgan fingerprint density at radius 3 is 2.33 bits per heavy atom. The Hall–Kier alpha value is -2.74. The van der Waals surface area contributed by atoms with E-state index in [-0.39, 0.29) is 23.4 Å². The van der Waals surface area contributed by atoms with E-state index in [1.807, 2.05) is 0 Å². The van der Waals surface area contributed by atoms with Crippen LogP contribution in [0.5, 0.6) is 11.5 Å². The van der Waals surface area contributed by atoms with Gasteiger partial charge >= 0.3 is 0 Å². The molecule has 1 N–H and O–H groups in total. The van der Waals surface area contributed by atoms with E-state index in [1.165, 1.54) is 26.4 Å². The zero-order valence-corrected chi connectivity index (χ0v) is 16.0. The molecule has 7 nitrogen and oxygen atoms in total. The van der Waals surface area contributed by atoms with Crippen LogP contribution in [-0.2, 0) is 14.8 Å². The fourth-order valence-corrected chi connectivity index (χ4v) is 4.07. The molecule has 1 fully saturated rings. The number of anilines is 1. The third-order valence-corrected chi connectivity index (χ3v) is 6.00. The van der Waals surface area contributed by atoms with Crippen molar-refractivity contribution in [3.8, 4) is 11.5 Å². The molecule has 0 spiro atoms. The van der Waals surface area contributed by atoms with Crippen LogP contribution in [0.25, 0.3) is 0 Å². The summed E-state index contributed by atoms with van der Waals surface area (Å²) in [5.74, 6) is 0.568. The van der Waals surface area contributed by atoms with Crippen LogP contribution in [0.1, 0.15) is 12.8 Å². The Labute approximate surface area is 158 Å². The zero-order valence-electron chi connectivity index (χ0n) is 15.2. The van der Waals surface area contributed by atoms with Crippen LogP contribution >= 0.6 is 0 Å². The number of sulfonamides is 1. The smallest absolute Gasteiger partial charge is 0.264 e. The second-order valence-electron chi connectivity index (χ2n) is 6.20. The fraction of sp³-hybridized carbons (Fsp3) is 0.316. The molecule has 8 heteroatoms. The first kappa shape index (κ1) is 19.0. The highest BCUT2D eigenvalue weighted by molar-refractivity contribution is 7.92. The zero-order chi connectivity index (χ0) is 19.4. The van der Waals surface area contributed by atoms with Crippen LogP contribution < -0.4 is 19.1 Å². The fourth-order valence-electron chi connectivity index (χ4n) is 2.64. The predicted octanol–water partition coefficient (Wildman–Crippen LogP) is 2.18. The second-order valence-corrected chi connectivity index (χ2v) is 8.06. The van der Waals surface area contributed by atoms with E-state index in [1.54, 1.807) is 36.4 Å². The van der Waals surface area contributed by atoms with Crippen molar-refractivity contribution in [2.24, 2.45) is 0 Å². The summed E-state index contributed by atoms with van der Waals surface area (Å²) in [6.45, 7) is -0.328. The second kappa shape index (κ2) is 7.87. The summed E-state index contributed by atoms with van der Waals surface area (Å²) in [5.41, 5.74) is 0.307. The van der Waals surface area contributed by atoms with Gasteiger partial charge in [0.2, 0.25) is 5.91 Å². The van der Waals surface area contributed by atoms with Gasteiger partial charge in [-0.1, -0.05) is 12.1 Å². The average molecular weight is 390 g/mol. The summed E-state index contributed by atoms with van der Waals surface area (Å²) < 4.78 is 38.0. The maximum atomic E-state index is 13.3. The van der Waals surface area contributed by atoms with Crippen LogP contribution in [0.4, 0.5) is 5.69 Å². The van der Waals surface area contributed by atoms with Gasteiger partial charge in [-0.2, -0.15) is 0 Å². The number of ether oxygens (including phenoxy) is 2. The van der Waals surface area contributed by atoms with Crippen molar-refractivity contribution in [1.82, 2.24) is 5.32 Å². The molecule has 0 aromatic heterocycles. The SMILES string of the molecule is COc1ccc(S(=O)(=O)N(CC(=O)NC2CC2)c2ccccc2OC)cc1. The van der Waals surface area contributed by atoms with Gasteiger partial charge in [-0.25, -0.2) is 8.42 Å². The van der Waals surface area contributed by atoms with Gasteiger partial charge in [0.15, 0.2) is 0 Å². The van der Waals surface area contributed by atoms with E-state index in [2.05, 4.69) is 5.32 Å². The van der Waals surface area contributed by atoms with Gasteiger partial charge < -0.3 is 14.8 Å². The number of rotatable bonds is 8. The summed E-state index contributed by atoms with van der Waals surface area (Å²) in [4.78, 5) is 12.4. The minimum absolute atomic E-state index is 0.0634. The third kappa shape index (κ3) is 4.33. The van der Waals surface area contributed by atoms with Crippen molar-refractivity contribution in [2.75, 3.05) is 25.1 Å². The van der Waals surface area contributed by atoms with Crippen LogP contribution in [0.3, 0.4) is 0 Å². The molecule has 0 heterocycles. The van der Waals surface area contributed by atoms with Gasteiger partial charge in [0.05, 0.1) is 24.8 Å². The van der Waals surface area contributed by atoms with Crippen molar-refractivity contribution in [3.05, 3.63) is 48.5 Å². The molecule has 1 amide bonds. The standard InChI is InChI=1S/C19H22N2O5S/c1-25-15-9-11-16(12-10-15)27(23,24)21(13-19(22)20-14-7-8-14)17-5-3-4-6-18(17)26-2/h3-6,9-12,14H,7-8,13H2,1-2H3,(H,20,22). The topological polar surface area (TPSA) is 84.9 Å². The molecular formula is C19H22N2O5S. The Kier molecular flexibility index (Phi) is 5.55. The highest BCUT2D eigenvalue weighted by Gasteiger charge is 2.31. The van der Waals surface area contributed by atoms with E-state index >= 15 is 0 Å². The quantitative estimate of drug-likeness (QED) is 0.747. The Morgan fingerprint density at radius 2 is 1.74 bits per heavy atom. The highest BCUT2D eigenvalue weighted by atomic mass is 32.2. The number of amides is 1. The van der Waals surface area contributed by atoms with Crippen molar-refractivity contribution in [3.63, 3.8) is 0 Å². The van der Waals surface area contributed by atoms with Gasteiger partial charge in [-0.15, -0.1) is 0 Å². The highest BCUT2D eigenvalue weighted by Crippen LogP contribution is 2.32. The summed E-state index contributed by atoms with van der Waals surface area (Å²) >= 11 is 0. The first-order valence-electron chi connectivity index (χ1n) is 8.55. The Balaban J connectivity index is 1.99. The van der Waals surface area contributed by atoms with Crippen molar-refractivity contribution >= 4 is 21.6 Å². The van der Waals surface area contributed by atoms with E-state index in [9.17, 15) is 13.2 Å². The van der Waals surface area contributed by atoms with Gasteiger partial charge in [-0.3, -0.25) is 9.10 Å². The molecule has 0 saturated heterocycles. The molecule has 0 radical (unpaired) electrons. The molecule has 144 valence electrons. The number of nitrogens with zero attached hydrogens (tertiary/aromatic N) is 1. The number of para-hydroxylation sites is 2. The maximum Gasteiger partial charge on any atom is 0.264 e. The minimum atomic E-state index is -3.99. The molecular weight excluding hydrogens is 368 g/mol. The number of carbonyl (C=O) groups excluding carboxylic acids is 1. The number of benzene rings is 2. The molecule has 0 unspecified atom stereocenters. The molecule has 0 bridgehead atoms. The molecule has 0 atom stereocenters. The monoisotopic (exact) mass is 390 g/mol. The number of carbonyl (C=O) groups is 1. The van der Waals surface area contributed by atoms with E-state index < -0.39 is 10.0 Å². The number of hydrogen-bond acceptors (Lipinski definition) is 5. The summed E-state index contributed by atoms with van der Waals surface area (Å²) in [5, 5.41) is 2.83. The third-order valence-electron chi connectivity index (χ3n) is 4.23. The summed E-state index contributed by atoms with van der Waals surface area (Å²) in [6, 6.07) is 12.9. The number of methoxy groups -OCH3 is 2. The molecule has 2 aromatic rings. The van der Waals surface area contributed by atoms with Crippen LogP contribution in [0, 0.1) is 0 Å². The molecule has 1 aliphatic rings. The van der Waals surface area contributed by atoms with Crippen molar-refractivity contribution in [1.29, 1.82) is 0 Å². The maximum absolute atomic E-state index is 13.3. The van der Waals surface area contributed by atoms with Crippen molar-refractivity contribution in [2.45, 2.75) is 23.8 Å². The average Bonchev–Trinajstić information content (AvgIpc) is 3.50. The van der Waals surface area contributed by atoms with Gasteiger partial charge in [0.25, 0.3) is 10.0 Å². The van der Waals surface area contributed by atoms with Gasteiger partial charge in [-0.05, 0) is 49.2 Å². The van der Waals surface area contributed by atoms with Gasteiger partial charge in [0, 0.05) is 6.04 Å². The predicted molar refractivity (Wildman–Crippen MR) is 102 cm³/mol. The van der Waals surface area contributed by atoms with Crippen molar-refractivity contribution < 1.29 is 22.7 Å². The van der Waals surface area contributed by atoms with Crippen LogP contribution in [0.2, 0.25) is 0 Å². The van der Waals surface area contributed by atoms with Gasteiger partial charge in [0.1, 0.15) is 18.0 Å². The largest absolute Gasteiger partial charge is 0.497 e. The lowest BCUT2D eigenvalue weighted by molar-refractivity contribution is -0.119. The normalized spacial score (nSPS) is 13.7. The van der Waals surface area contributed by atoms with E-state index in [0.717, 1.165) is 17.1 Å². The summed E-state index contributed by atoms with van der Waals surface area (Å²) in [6.07, 6.45) is 1.84. The lowest BCUT2D eigenvalue weighted by Gasteiger charge is -2.25. The molecule has 0 aliphatic heterocycles. The van der Waals surface area contributed by atoms with E-state index in [0.29, 0.717) is 17.2 Å². The van der Waals surface area contributed by atoms with E-state index in [4.69, 9.17) is 9.47 Å². The first-order chi connectivity index (χ1) is 13.0. The first-order valence-corrected chi connectivity index (χ1v) is 9.99. The lowest BCUT2D eigenvalue weighted by Crippen LogP contribution is -2.41. The molecule has 1 saturated carbocycles. The summed E-state index contributed by atoms with van der Waals surface area (Å²) in [7, 11) is -1.02. The van der Waals surface area contributed by atoms with Crippen LogP contribution in [-0.4, -0.2) is 41.1 Å². The Morgan fingerprint density at radius 1 is 1.07 bits per heavy atom. The number of nitrogens with one attached hydrogen (secondary N) is 1. The lowest BCUT2D eigenvalue weighted by atomic mass is 10.3. The van der Waals surface area contributed by atoms with Crippen LogP contribution in [0.15, 0.2) is 53.4 Å². The molecule has 1 aliphatic carbocycles. The molecule has 3 rings (SSSR count). The Bertz CT molecular complexity index is 908. The molecule has 2 aromatic carbocycles. The number of hydrogen-bond donors (Lipinski definition) is 1. The molecule has 27 heavy (non-hydrogen) atoms. The minimum Gasteiger partial charge on any atom is -0.497 e.